The highest BCUT2D eigenvalue weighted by atomic mass is 16.7. The van der Waals surface area contributed by atoms with Crippen LogP contribution in [-0.4, -0.2) is 27.7 Å². The topological polar surface area (TPSA) is 59.5 Å². The van der Waals surface area contributed by atoms with Gasteiger partial charge in [-0.05, 0) is 39.2 Å². The van der Waals surface area contributed by atoms with Gasteiger partial charge in [-0.3, -0.25) is 4.40 Å². The highest BCUT2D eigenvalue weighted by Crippen LogP contribution is 2.36. The molecule has 20 heavy (non-hydrogen) atoms. The highest BCUT2D eigenvalue weighted by molar-refractivity contribution is 6.62. The first-order valence-corrected chi connectivity index (χ1v) is 6.57. The highest BCUT2D eigenvalue weighted by Gasteiger charge is 2.51. The van der Waals surface area contributed by atoms with Gasteiger partial charge in [0.25, 0.3) is 0 Å². The molecule has 0 spiro atoms. The minimum absolute atomic E-state index is 0.375. The number of rotatable bonds is 1. The maximum absolute atomic E-state index is 9.07. The molecule has 0 saturated carbocycles. The summed E-state index contributed by atoms with van der Waals surface area (Å²) in [6, 6.07) is 5.90. The maximum Gasteiger partial charge on any atom is 0.496 e. The molecule has 0 N–H and O–H groups in total. The molecule has 2 aromatic rings. The molecule has 2 aromatic heterocycles. The molecule has 0 amide bonds. The number of aromatic nitrogens is 2. The Balaban J connectivity index is 2.02. The Bertz CT molecular complexity index is 699. The van der Waals surface area contributed by atoms with Gasteiger partial charge in [-0.1, -0.05) is 6.07 Å². The van der Waals surface area contributed by atoms with Crippen molar-refractivity contribution < 1.29 is 9.31 Å². The molecule has 0 aromatic carbocycles. The monoisotopic (exact) mass is 269 g/mol. The first-order chi connectivity index (χ1) is 9.34. The van der Waals surface area contributed by atoms with E-state index in [1.54, 1.807) is 10.6 Å². The van der Waals surface area contributed by atoms with Gasteiger partial charge >= 0.3 is 7.12 Å². The number of hydrogen-bond acceptors (Lipinski definition) is 4. The summed E-state index contributed by atoms with van der Waals surface area (Å²) in [5.41, 5.74) is 1.37. The Morgan fingerprint density at radius 1 is 1.20 bits per heavy atom. The molecule has 5 nitrogen and oxygen atoms in total. The summed E-state index contributed by atoms with van der Waals surface area (Å²) in [6.07, 6.45) is 3.41. The van der Waals surface area contributed by atoms with Crippen molar-refractivity contribution in [3.05, 3.63) is 30.2 Å². The van der Waals surface area contributed by atoms with Crippen LogP contribution in [0.15, 0.2) is 24.5 Å². The van der Waals surface area contributed by atoms with Crippen LogP contribution in [0.2, 0.25) is 0 Å². The average molecular weight is 269 g/mol. The van der Waals surface area contributed by atoms with E-state index in [-0.39, 0.29) is 11.2 Å². The smallest absolute Gasteiger partial charge is 0.399 e. The maximum atomic E-state index is 9.07. The van der Waals surface area contributed by atoms with E-state index >= 15 is 0 Å². The molecule has 102 valence electrons. The second-order valence-corrected chi connectivity index (χ2v) is 6.03. The fourth-order valence-corrected chi connectivity index (χ4v) is 2.20. The second-order valence-electron chi connectivity index (χ2n) is 6.03. The van der Waals surface area contributed by atoms with Gasteiger partial charge in [-0.15, -0.1) is 0 Å². The van der Waals surface area contributed by atoms with Gasteiger partial charge in [-0.2, -0.15) is 5.26 Å². The van der Waals surface area contributed by atoms with Crippen LogP contribution in [0.3, 0.4) is 0 Å². The first kappa shape index (κ1) is 13.2. The van der Waals surface area contributed by atoms with Crippen LogP contribution < -0.4 is 5.46 Å². The minimum Gasteiger partial charge on any atom is -0.399 e. The zero-order valence-electron chi connectivity index (χ0n) is 12.0. The zero-order chi connectivity index (χ0) is 14.5. The summed E-state index contributed by atoms with van der Waals surface area (Å²) in [6.45, 7) is 8.07. The fraction of sp³-hybridized carbons (Fsp3) is 0.429. The third-order valence-electron chi connectivity index (χ3n) is 4.17. The van der Waals surface area contributed by atoms with Crippen LogP contribution in [0.1, 0.15) is 33.4 Å². The summed E-state index contributed by atoms with van der Waals surface area (Å²) in [5, 5.41) is 9.07. The van der Waals surface area contributed by atoms with Crippen molar-refractivity contribution in [2.24, 2.45) is 0 Å². The number of fused-ring (bicyclic) bond motifs is 1. The molecule has 0 aliphatic carbocycles. The molecule has 3 heterocycles. The predicted molar refractivity (Wildman–Crippen MR) is 75.6 cm³/mol. The van der Waals surface area contributed by atoms with Gasteiger partial charge in [0, 0.05) is 6.20 Å². The Morgan fingerprint density at radius 3 is 2.45 bits per heavy atom. The molecule has 1 aliphatic rings. The number of nitrogens with zero attached hydrogens (tertiary/aromatic N) is 3. The summed E-state index contributed by atoms with van der Waals surface area (Å²) in [4.78, 5) is 4.17. The SMILES string of the molecule is CC1(C)OB(c2ccc3ncc(C#N)n3c2)OC1(C)C. The number of hydrogen-bond donors (Lipinski definition) is 0. The molecule has 0 bridgehead atoms. The van der Waals surface area contributed by atoms with Gasteiger partial charge < -0.3 is 9.31 Å². The Labute approximate surface area is 118 Å². The first-order valence-electron chi connectivity index (χ1n) is 6.57. The number of imidazole rings is 1. The lowest BCUT2D eigenvalue weighted by molar-refractivity contribution is 0.00578. The molecule has 0 radical (unpaired) electrons. The van der Waals surface area contributed by atoms with Crippen LogP contribution >= 0.6 is 0 Å². The van der Waals surface area contributed by atoms with Gasteiger partial charge in [0.15, 0.2) is 0 Å². The van der Waals surface area contributed by atoms with Crippen LogP contribution in [0.4, 0.5) is 0 Å². The van der Waals surface area contributed by atoms with Crippen molar-refractivity contribution in [2.75, 3.05) is 0 Å². The van der Waals surface area contributed by atoms with Crippen molar-refractivity contribution in [2.45, 2.75) is 38.9 Å². The number of nitriles is 1. The van der Waals surface area contributed by atoms with E-state index in [2.05, 4.69) is 11.1 Å². The molecular formula is C14H16BN3O2. The molecule has 0 atom stereocenters. The lowest BCUT2D eigenvalue weighted by atomic mass is 9.80. The fourth-order valence-electron chi connectivity index (χ4n) is 2.20. The van der Waals surface area contributed by atoms with Gasteiger partial charge in [-0.25, -0.2) is 4.98 Å². The van der Waals surface area contributed by atoms with E-state index in [0.717, 1.165) is 11.1 Å². The largest absolute Gasteiger partial charge is 0.496 e. The Kier molecular flexibility index (Phi) is 2.68. The molecule has 0 unspecified atom stereocenters. The summed E-state index contributed by atoms with van der Waals surface area (Å²) >= 11 is 0. The minimum atomic E-state index is -0.432. The van der Waals surface area contributed by atoms with Crippen molar-refractivity contribution >= 4 is 18.2 Å². The lowest BCUT2D eigenvalue weighted by Gasteiger charge is -2.32. The zero-order valence-corrected chi connectivity index (χ0v) is 12.0. The van der Waals surface area contributed by atoms with Gasteiger partial charge in [0.1, 0.15) is 17.4 Å². The second kappa shape index (κ2) is 4.08. The van der Waals surface area contributed by atoms with Crippen molar-refractivity contribution in [3.63, 3.8) is 0 Å². The van der Waals surface area contributed by atoms with E-state index in [0.29, 0.717) is 5.69 Å². The van der Waals surface area contributed by atoms with E-state index in [9.17, 15) is 0 Å². The quantitative estimate of drug-likeness (QED) is 0.736. The summed E-state index contributed by atoms with van der Waals surface area (Å²) < 4.78 is 13.8. The van der Waals surface area contributed by atoms with E-state index in [1.165, 1.54) is 0 Å². The third kappa shape index (κ3) is 1.82. The van der Waals surface area contributed by atoms with Crippen LogP contribution in [-0.2, 0) is 9.31 Å². The molecular weight excluding hydrogens is 253 g/mol. The van der Waals surface area contributed by atoms with Crippen molar-refractivity contribution in [1.29, 1.82) is 5.26 Å². The molecule has 1 fully saturated rings. The third-order valence-corrected chi connectivity index (χ3v) is 4.17. The van der Waals surface area contributed by atoms with Crippen molar-refractivity contribution in [1.82, 2.24) is 9.38 Å². The Hall–Kier alpha value is -1.84. The predicted octanol–water partition coefficient (Wildman–Crippen LogP) is 1.51. The standard InChI is InChI=1S/C14H16BN3O2/c1-13(2)14(3,4)20-15(19-13)10-5-6-12-17-8-11(7-16)18(12)9-10/h5-6,8-9H,1-4H3. The van der Waals surface area contributed by atoms with Crippen LogP contribution in [0.25, 0.3) is 5.65 Å². The van der Waals surface area contributed by atoms with E-state index in [1.807, 2.05) is 46.0 Å². The lowest BCUT2D eigenvalue weighted by Crippen LogP contribution is -2.41. The van der Waals surface area contributed by atoms with Crippen molar-refractivity contribution in [3.8, 4) is 6.07 Å². The van der Waals surface area contributed by atoms with Crippen LogP contribution in [0.5, 0.6) is 0 Å². The van der Waals surface area contributed by atoms with E-state index in [4.69, 9.17) is 14.6 Å². The normalized spacial score (nSPS) is 20.2. The summed E-state index contributed by atoms with van der Waals surface area (Å²) in [5.74, 6) is 0. The summed E-state index contributed by atoms with van der Waals surface area (Å²) in [7, 11) is -0.432. The van der Waals surface area contributed by atoms with Gasteiger partial charge in [0.05, 0.1) is 17.4 Å². The molecule has 3 rings (SSSR count). The molecule has 6 heteroatoms. The number of pyridine rings is 1. The molecule has 1 saturated heterocycles. The molecule has 1 aliphatic heterocycles. The van der Waals surface area contributed by atoms with E-state index < -0.39 is 7.12 Å². The Morgan fingerprint density at radius 2 is 1.85 bits per heavy atom. The van der Waals surface area contributed by atoms with Gasteiger partial charge in [0.2, 0.25) is 0 Å². The average Bonchev–Trinajstić information content (AvgIpc) is 2.87. The van der Waals surface area contributed by atoms with Crippen LogP contribution in [0, 0.1) is 11.3 Å².